The Morgan fingerprint density at radius 3 is 2.57 bits per heavy atom. The topological polar surface area (TPSA) is 75.7 Å². The number of amides is 4. The first kappa shape index (κ1) is 24.2. The van der Waals surface area contributed by atoms with E-state index >= 15 is 0 Å². The maximum atomic E-state index is 13.6. The Hall–Kier alpha value is -4.49. The maximum absolute atomic E-state index is 13.6. The minimum absolute atomic E-state index is 0.0683. The first-order chi connectivity index (χ1) is 17.8. The molecule has 0 aliphatic carbocycles. The number of imide groups is 2. The molecule has 0 unspecified atom stereocenters. The highest BCUT2D eigenvalue weighted by Gasteiger charge is 2.37. The van der Waals surface area contributed by atoms with Gasteiger partial charge in [-0.2, -0.15) is 0 Å². The highest BCUT2D eigenvalue weighted by Crippen LogP contribution is 2.33. The van der Waals surface area contributed by atoms with Crippen molar-refractivity contribution in [1.82, 2.24) is 5.32 Å². The van der Waals surface area contributed by atoms with E-state index in [2.05, 4.69) is 5.32 Å². The summed E-state index contributed by atoms with van der Waals surface area (Å²) in [7, 11) is 0. The number of hydrogen-bond donors (Lipinski definition) is 1. The van der Waals surface area contributed by atoms with Crippen LogP contribution in [0.1, 0.15) is 16.7 Å². The number of halogens is 2. The van der Waals surface area contributed by atoms with Gasteiger partial charge < -0.3 is 4.74 Å². The van der Waals surface area contributed by atoms with Crippen LogP contribution >= 0.6 is 11.6 Å². The summed E-state index contributed by atoms with van der Waals surface area (Å²) < 4.78 is 19.7. The lowest BCUT2D eigenvalue weighted by molar-refractivity contribution is -0.122. The number of barbiturate groups is 1. The van der Waals surface area contributed by atoms with Crippen LogP contribution in [-0.2, 0) is 16.2 Å². The number of anilines is 1. The zero-order valence-corrected chi connectivity index (χ0v) is 20.4. The van der Waals surface area contributed by atoms with E-state index < -0.39 is 17.8 Å². The molecule has 1 fully saturated rings. The van der Waals surface area contributed by atoms with E-state index in [-0.39, 0.29) is 23.7 Å². The van der Waals surface area contributed by atoms with Gasteiger partial charge in [0.15, 0.2) is 0 Å². The number of nitrogens with one attached hydrogen (secondary N) is 1. The molecular weight excluding hydrogens is 495 g/mol. The highest BCUT2D eigenvalue weighted by atomic mass is 35.5. The molecule has 0 spiro atoms. The first-order valence-corrected chi connectivity index (χ1v) is 11.8. The molecule has 4 aromatic carbocycles. The number of urea groups is 1. The Labute approximate surface area is 216 Å². The van der Waals surface area contributed by atoms with Crippen LogP contribution in [0.15, 0.2) is 84.4 Å². The maximum Gasteiger partial charge on any atom is 0.335 e. The molecule has 0 bridgehead atoms. The number of benzene rings is 4. The van der Waals surface area contributed by atoms with Crippen LogP contribution < -0.4 is 15.0 Å². The Balaban J connectivity index is 1.58. The SMILES string of the molecule is Cc1ccc(N2C(=O)NC(=O)/C(=C\c3c(OCc4cccc(F)c4)ccc4ccccc34)C2=O)cc1Cl. The third-order valence-corrected chi connectivity index (χ3v) is 6.43. The second kappa shape index (κ2) is 9.87. The van der Waals surface area contributed by atoms with E-state index in [0.717, 1.165) is 21.2 Å². The van der Waals surface area contributed by atoms with Crippen molar-refractivity contribution in [1.29, 1.82) is 0 Å². The Morgan fingerprint density at radius 2 is 1.78 bits per heavy atom. The summed E-state index contributed by atoms with van der Waals surface area (Å²) in [5.74, 6) is -1.61. The highest BCUT2D eigenvalue weighted by molar-refractivity contribution is 6.40. The minimum atomic E-state index is -0.868. The molecule has 0 saturated carbocycles. The average Bonchev–Trinajstić information content (AvgIpc) is 2.87. The summed E-state index contributed by atoms with van der Waals surface area (Å²) in [6.45, 7) is 1.86. The van der Waals surface area contributed by atoms with Crippen molar-refractivity contribution in [2.24, 2.45) is 0 Å². The van der Waals surface area contributed by atoms with Crippen molar-refractivity contribution in [2.45, 2.75) is 13.5 Å². The van der Waals surface area contributed by atoms with Crippen molar-refractivity contribution < 1.29 is 23.5 Å². The Bertz CT molecular complexity index is 1620. The molecule has 184 valence electrons. The van der Waals surface area contributed by atoms with Crippen molar-refractivity contribution in [3.63, 3.8) is 0 Å². The van der Waals surface area contributed by atoms with E-state index in [0.29, 0.717) is 21.9 Å². The summed E-state index contributed by atoms with van der Waals surface area (Å²) in [5.41, 5.74) is 1.86. The third kappa shape index (κ3) is 4.81. The molecule has 8 heteroatoms. The smallest absolute Gasteiger partial charge is 0.335 e. The largest absolute Gasteiger partial charge is 0.488 e. The molecule has 1 aliphatic heterocycles. The summed E-state index contributed by atoms with van der Waals surface area (Å²) in [4.78, 5) is 39.8. The van der Waals surface area contributed by atoms with E-state index in [1.54, 1.807) is 37.3 Å². The second-order valence-electron chi connectivity index (χ2n) is 8.51. The number of hydrogen-bond acceptors (Lipinski definition) is 4. The number of carbonyl (C=O) groups is 3. The van der Waals surface area contributed by atoms with Gasteiger partial charge in [-0.1, -0.05) is 60.1 Å². The molecule has 5 rings (SSSR count). The van der Waals surface area contributed by atoms with Crippen LogP contribution in [0, 0.1) is 12.7 Å². The van der Waals surface area contributed by atoms with Gasteiger partial charge in [-0.3, -0.25) is 14.9 Å². The van der Waals surface area contributed by atoms with Gasteiger partial charge in [0.2, 0.25) is 0 Å². The lowest BCUT2D eigenvalue weighted by atomic mass is 9.99. The minimum Gasteiger partial charge on any atom is -0.488 e. The number of rotatable bonds is 5. The zero-order chi connectivity index (χ0) is 26.1. The molecular formula is C29H20ClFN2O4. The summed E-state index contributed by atoms with van der Waals surface area (Å²) in [6, 6.07) is 20.9. The molecule has 37 heavy (non-hydrogen) atoms. The lowest BCUT2D eigenvalue weighted by Crippen LogP contribution is -2.54. The third-order valence-electron chi connectivity index (χ3n) is 6.02. The van der Waals surface area contributed by atoms with Gasteiger partial charge in [0, 0.05) is 10.6 Å². The predicted octanol–water partition coefficient (Wildman–Crippen LogP) is 6.19. The zero-order valence-electron chi connectivity index (χ0n) is 19.6. The molecule has 4 amide bonds. The normalized spacial score (nSPS) is 14.8. The molecule has 0 aromatic heterocycles. The number of aryl methyl sites for hydroxylation is 1. The van der Waals surface area contributed by atoms with Gasteiger partial charge in [-0.25, -0.2) is 14.1 Å². The van der Waals surface area contributed by atoms with Crippen molar-refractivity contribution in [3.05, 3.63) is 112 Å². The van der Waals surface area contributed by atoms with Crippen molar-refractivity contribution in [2.75, 3.05) is 4.90 Å². The standard InChI is InChI=1S/C29H20ClFN2O4/c1-17-9-11-21(14-25(17)30)33-28(35)24(27(34)32-29(33)36)15-23-22-8-3-2-6-19(22)10-12-26(23)37-16-18-5-4-7-20(31)13-18/h2-15H,16H2,1H3,(H,32,34,36)/b24-15+. The Morgan fingerprint density at radius 1 is 0.973 bits per heavy atom. The molecule has 1 saturated heterocycles. The Kier molecular flexibility index (Phi) is 6.46. The average molecular weight is 515 g/mol. The van der Waals surface area contributed by atoms with Gasteiger partial charge in [0.05, 0.1) is 5.69 Å². The first-order valence-electron chi connectivity index (χ1n) is 11.4. The molecule has 4 aromatic rings. The fraction of sp³-hybridized carbons (Fsp3) is 0.0690. The second-order valence-corrected chi connectivity index (χ2v) is 8.92. The van der Waals surface area contributed by atoms with Crippen LogP contribution in [0.3, 0.4) is 0 Å². The van der Waals surface area contributed by atoms with Gasteiger partial charge in [-0.05, 0) is 65.2 Å². The van der Waals surface area contributed by atoms with Gasteiger partial charge >= 0.3 is 6.03 Å². The monoisotopic (exact) mass is 514 g/mol. The fourth-order valence-corrected chi connectivity index (χ4v) is 4.27. The number of carbonyl (C=O) groups excluding carboxylic acids is 3. The van der Waals surface area contributed by atoms with E-state index in [1.807, 2.05) is 30.3 Å². The summed E-state index contributed by atoms with van der Waals surface area (Å²) in [5, 5.41) is 4.19. The molecule has 6 nitrogen and oxygen atoms in total. The fourth-order valence-electron chi connectivity index (χ4n) is 4.10. The number of nitrogens with zero attached hydrogens (tertiary/aromatic N) is 1. The van der Waals surface area contributed by atoms with Crippen LogP contribution in [-0.4, -0.2) is 17.8 Å². The van der Waals surface area contributed by atoms with Gasteiger partial charge in [-0.15, -0.1) is 0 Å². The molecule has 1 aliphatic rings. The quantitative estimate of drug-likeness (QED) is 0.255. The molecule has 0 radical (unpaired) electrons. The predicted molar refractivity (Wildman–Crippen MR) is 140 cm³/mol. The van der Waals surface area contributed by atoms with Gasteiger partial charge in [0.25, 0.3) is 11.8 Å². The van der Waals surface area contributed by atoms with Crippen molar-refractivity contribution in [3.8, 4) is 5.75 Å². The molecule has 0 atom stereocenters. The van der Waals surface area contributed by atoms with Crippen LogP contribution in [0.25, 0.3) is 16.8 Å². The lowest BCUT2D eigenvalue weighted by Gasteiger charge is -2.27. The summed E-state index contributed by atoms with van der Waals surface area (Å²) >= 11 is 6.21. The number of ether oxygens (including phenoxy) is 1. The van der Waals surface area contributed by atoms with Crippen molar-refractivity contribution >= 4 is 52.0 Å². The van der Waals surface area contributed by atoms with E-state index in [4.69, 9.17) is 16.3 Å². The van der Waals surface area contributed by atoms with Crippen LogP contribution in [0.5, 0.6) is 5.75 Å². The van der Waals surface area contributed by atoms with Crippen LogP contribution in [0.4, 0.5) is 14.9 Å². The van der Waals surface area contributed by atoms with Gasteiger partial charge in [0.1, 0.15) is 23.7 Å². The molecule has 1 heterocycles. The van der Waals surface area contributed by atoms with Crippen LogP contribution in [0.2, 0.25) is 5.02 Å². The van der Waals surface area contributed by atoms with E-state index in [9.17, 15) is 18.8 Å². The summed E-state index contributed by atoms with van der Waals surface area (Å²) in [6.07, 6.45) is 1.41. The number of fused-ring (bicyclic) bond motifs is 1. The molecule has 1 N–H and O–H groups in total. The van der Waals surface area contributed by atoms with E-state index in [1.165, 1.54) is 24.3 Å².